The van der Waals surface area contributed by atoms with Gasteiger partial charge in [0.05, 0.1) is 5.56 Å². The van der Waals surface area contributed by atoms with E-state index in [1.165, 1.54) is 17.4 Å². The van der Waals surface area contributed by atoms with E-state index < -0.39 is 11.2 Å². The number of hydrogen-bond donors (Lipinski definition) is 2. The predicted octanol–water partition coefficient (Wildman–Crippen LogP) is 0.287. The van der Waals surface area contributed by atoms with Crippen molar-refractivity contribution >= 4 is 0 Å². The van der Waals surface area contributed by atoms with Crippen molar-refractivity contribution in [3.63, 3.8) is 0 Å². The molecule has 1 atom stereocenters. The monoisotopic (exact) mass is 267 g/mol. The van der Waals surface area contributed by atoms with E-state index in [0.717, 1.165) is 0 Å². The number of aromatic hydroxyl groups is 1. The standard InChI is InChI=1S/C13H21N3O3/c1-4-10-11(17)14-13(19)16(12(10)18)7-8(2)15(3)9-5-6-9/h8-9,18H,4-7H2,1-3H3,(H,14,17,19). The van der Waals surface area contributed by atoms with E-state index in [1.54, 1.807) is 6.92 Å². The minimum absolute atomic E-state index is 0.131. The molecule has 1 heterocycles. The van der Waals surface area contributed by atoms with Crippen molar-refractivity contribution < 1.29 is 5.11 Å². The average Bonchev–Trinajstić information content (AvgIpc) is 3.17. The normalized spacial score (nSPS) is 16.8. The number of likely N-dealkylation sites (N-methyl/N-ethyl adjacent to an activating group) is 1. The zero-order valence-corrected chi connectivity index (χ0v) is 11.6. The maximum Gasteiger partial charge on any atom is 0.331 e. The average molecular weight is 267 g/mol. The van der Waals surface area contributed by atoms with Crippen molar-refractivity contribution in [1.82, 2.24) is 14.5 Å². The fraction of sp³-hybridized carbons (Fsp3) is 0.692. The Labute approximate surface area is 111 Å². The zero-order valence-electron chi connectivity index (χ0n) is 11.6. The minimum Gasteiger partial charge on any atom is -0.494 e. The fourth-order valence-corrected chi connectivity index (χ4v) is 2.32. The smallest absolute Gasteiger partial charge is 0.331 e. The highest BCUT2D eigenvalue weighted by atomic mass is 16.3. The van der Waals surface area contributed by atoms with Crippen LogP contribution < -0.4 is 11.2 Å². The number of rotatable bonds is 5. The molecule has 2 rings (SSSR count). The van der Waals surface area contributed by atoms with E-state index in [9.17, 15) is 14.7 Å². The van der Waals surface area contributed by atoms with E-state index in [0.29, 0.717) is 19.0 Å². The summed E-state index contributed by atoms with van der Waals surface area (Å²) >= 11 is 0. The maximum atomic E-state index is 11.8. The van der Waals surface area contributed by atoms with Crippen LogP contribution in [-0.2, 0) is 13.0 Å². The summed E-state index contributed by atoms with van der Waals surface area (Å²) in [6, 6.07) is 0.716. The third kappa shape index (κ3) is 2.73. The molecule has 1 aromatic rings. The third-order valence-electron chi connectivity index (χ3n) is 3.88. The lowest BCUT2D eigenvalue weighted by atomic mass is 10.2. The summed E-state index contributed by atoms with van der Waals surface area (Å²) in [6.45, 7) is 4.17. The Morgan fingerprint density at radius 1 is 1.47 bits per heavy atom. The second kappa shape index (κ2) is 5.21. The first-order chi connectivity index (χ1) is 8.95. The van der Waals surface area contributed by atoms with Crippen LogP contribution in [-0.4, -0.2) is 38.7 Å². The van der Waals surface area contributed by atoms with Gasteiger partial charge in [0.1, 0.15) is 0 Å². The summed E-state index contributed by atoms with van der Waals surface area (Å²) in [4.78, 5) is 27.8. The van der Waals surface area contributed by atoms with Gasteiger partial charge in [0.25, 0.3) is 5.56 Å². The number of aromatic amines is 1. The van der Waals surface area contributed by atoms with Crippen LogP contribution in [0.4, 0.5) is 0 Å². The fourth-order valence-electron chi connectivity index (χ4n) is 2.32. The van der Waals surface area contributed by atoms with Crippen LogP contribution in [0, 0.1) is 0 Å². The van der Waals surface area contributed by atoms with E-state index in [4.69, 9.17) is 0 Å². The van der Waals surface area contributed by atoms with E-state index in [-0.39, 0.29) is 17.5 Å². The van der Waals surface area contributed by atoms with Gasteiger partial charge in [0.15, 0.2) is 0 Å². The molecule has 106 valence electrons. The molecule has 0 radical (unpaired) electrons. The molecule has 6 nitrogen and oxygen atoms in total. The highest BCUT2D eigenvalue weighted by molar-refractivity contribution is 5.22. The first-order valence-corrected chi connectivity index (χ1v) is 6.72. The molecule has 19 heavy (non-hydrogen) atoms. The van der Waals surface area contributed by atoms with Gasteiger partial charge in [0.2, 0.25) is 5.88 Å². The predicted molar refractivity (Wildman–Crippen MR) is 72.6 cm³/mol. The lowest BCUT2D eigenvalue weighted by molar-refractivity contribution is 0.216. The summed E-state index contributed by atoms with van der Waals surface area (Å²) in [6.07, 6.45) is 2.77. The molecule has 0 aromatic carbocycles. The molecule has 1 aliphatic carbocycles. The SMILES string of the molecule is CCc1c(O)n(CC(C)N(C)C2CC2)c(=O)[nH]c1=O. The Kier molecular flexibility index (Phi) is 3.80. The number of nitrogens with one attached hydrogen (secondary N) is 1. The summed E-state index contributed by atoms with van der Waals surface area (Å²) in [5.74, 6) is -0.202. The van der Waals surface area contributed by atoms with E-state index >= 15 is 0 Å². The van der Waals surface area contributed by atoms with Crippen molar-refractivity contribution in [2.45, 2.75) is 51.7 Å². The van der Waals surface area contributed by atoms with Gasteiger partial charge in [0, 0.05) is 18.6 Å². The molecule has 1 saturated carbocycles. The third-order valence-corrected chi connectivity index (χ3v) is 3.88. The Morgan fingerprint density at radius 3 is 2.63 bits per heavy atom. The summed E-state index contributed by atoms with van der Waals surface area (Å²) in [5, 5.41) is 10.1. The van der Waals surface area contributed by atoms with Gasteiger partial charge in [-0.25, -0.2) is 4.79 Å². The van der Waals surface area contributed by atoms with Crippen molar-refractivity contribution in [3.05, 3.63) is 26.4 Å². The van der Waals surface area contributed by atoms with Crippen LogP contribution in [0.5, 0.6) is 5.88 Å². The first-order valence-electron chi connectivity index (χ1n) is 6.72. The molecule has 1 fully saturated rings. The maximum absolute atomic E-state index is 11.8. The van der Waals surface area contributed by atoms with Crippen molar-refractivity contribution in [2.24, 2.45) is 0 Å². The van der Waals surface area contributed by atoms with Crippen LogP contribution in [0.3, 0.4) is 0 Å². The molecular weight excluding hydrogens is 246 g/mol. The highest BCUT2D eigenvalue weighted by Crippen LogP contribution is 2.27. The molecule has 0 saturated heterocycles. The molecule has 0 spiro atoms. The molecule has 0 bridgehead atoms. The molecule has 2 N–H and O–H groups in total. The number of aromatic nitrogens is 2. The number of H-pyrrole nitrogens is 1. The van der Waals surface area contributed by atoms with Gasteiger partial charge in [-0.2, -0.15) is 0 Å². The molecule has 1 aromatic heterocycles. The van der Waals surface area contributed by atoms with Gasteiger partial charge < -0.3 is 5.11 Å². The van der Waals surface area contributed by atoms with E-state index in [1.807, 2.05) is 14.0 Å². The number of nitrogens with zero attached hydrogens (tertiary/aromatic N) is 2. The second-order valence-corrected chi connectivity index (χ2v) is 5.27. The summed E-state index contributed by atoms with van der Waals surface area (Å²) < 4.78 is 1.25. The van der Waals surface area contributed by atoms with Crippen molar-refractivity contribution in [3.8, 4) is 5.88 Å². The first kappa shape index (κ1) is 13.9. The molecule has 6 heteroatoms. The molecule has 0 aliphatic heterocycles. The van der Waals surface area contributed by atoms with Crippen LogP contribution in [0.2, 0.25) is 0 Å². The van der Waals surface area contributed by atoms with Gasteiger partial charge in [-0.3, -0.25) is 19.2 Å². The highest BCUT2D eigenvalue weighted by Gasteiger charge is 2.29. The lowest BCUT2D eigenvalue weighted by Gasteiger charge is -2.25. The Balaban J connectivity index is 2.29. The van der Waals surface area contributed by atoms with Crippen LogP contribution in [0.15, 0.2) is 9.59 Å². The molecule has 0 amide bonds. The lowest BCUT2D eigenvalue weighted by Crippen LogP contribution is -2.40. The molecular formula is C13H21N3O3. The van der Waals surface area contributed by atoms with Gasteiger partial charge >= 0.3 is 5.69 Å². The summed E-state index contributed by atoms with van der Waals surface area (Å²) in [5.41, 5.74) is -0.777. The van der Waals surface area contributed by atoms with Crippen LogP contribution in [0.1, 0.15) is 32.3 Å². The second-order valence-electron chi connectivity index (χ2n) is 5.27. The Morgan fingerprint density at radius 2 is 2.11 bits per heavy atom. The number of hydrogen-bond acceptors (Lipinski definition) is 4. The molecule has 1 unspecified atom stereocenters. The van der Waals surface area contributed by atoms with Gasteiger partial charge in [-0.1, -0.05) is 6.92 Å². The molecule has 1 aliphatic rings. The van der Waals surface area contributed by atoms with Gasteiger partial charge in [-0.15, -0.1) is 0 Å². The quantitative estimate of drug-likeness (QED) is 0.803. The topological polar surface area (TPSA) is 78.3 Å². The zero-order chi connectivity index (χ0) is 14.2. The largest absolute Gasteiger partial charge is 0.494 e. The van der Waals surface area contributed by atoms with Crippen molar-refractivity contribution in [2.75, 3.05) is 7.05 Å². The van der Waals surface area contributed by atoms with Crippen LogP contribution in [0.25, 0.3) is 0 Å². The Bertz CT molecular complexity index is 571. The van der Waals surface area contributed by atoms with E-state index in [2.05, 4.69) is 9.88 Å². The van der Waals surface area contributed by atoms with Gasteiger partial charge in [-0.05, 0) is 33.2 Å². The van der Waals surface area contributed by atoms with Crippen molar-refractivity contribution in [1.29, 1.82) is 0 Å². The van der Waals surface area contributed by atoms with Crippen LogP contribution >= 0.6 is 0 Å². The Hall–Kier alpha value is -1.56. The summed E-state index contributed by atoms with van der Waals surface area (Å²) in [7, 11) is 2.02. The minimum atomic E-state index is -0.546.